The van der Waals surface area contributed by atoms with E-state index in [0.29, 0.717) is 5.56 Å². The van der Waals surface area contributed by atoms with E-state index in [4.69, 9.17) is 66.3 Å². The summed E-state index contributed by atoms with van der Waals surface area (Å²) in [5, 5.41) is 19.9. The molecule has 1 aromatic rings. The van der Waals surface area contributed by atoms with Crippen LogP contribution in [-0.4, -0.2) is 239 Å². The van der Waals surface area contributed by atoms with Gasteiger partial charge in [-0.1, -0.05) is 30.3 Å². The van der Waals surface area contributed by atoms with Gasteiger partial charge in [-0.05, 0) is 123 Å². The van der Waals surface area contributed by atoms with E-state index in [-0.39, 0.29) is 6.61 Å². The molecule has 8 amide bonds. The van der Waals surface area contributed by atoms with Gasteiger partial charge in [0.25, 0.3) is 0 Å². The molecule has 0 aromatic heterocycles. The summed E-state index contributed by atoms with van der Waals surface area (Å²) in [5.41, 5.74) is -12.4. The highest BCUT2D eigenvalue weighted by Gasteiger charge is 2.57. The van der Waals surface area contributed by atoms with Gasteiger partial charge in [0.05, 0.1) is 12.2 Å². The lowest BCUT2D eigenvalue weighted by atomic mass is 9.96. The van der Waals surface area contributed by atoms with Crippen LogP contribution in [0, 0.1) is 0 Å². The molecule has 0 aliphatic carbocycles. The fourth-order valence-electron chi connectivity index (χ4n) is 10.5. The predicted octanol–water partition coefficient (Wildman–Crippen LogP) is 0.453. The number of rotatable bonds is 34. The van der Waals surface area contributed by atoms with Gasteiger partial charge in [0, 0.05) is 55.4 Å². The monoisotopic (exact) mass is 1580 g/mol. The van der Waals surface area contributed by atoms with Gasteiger partial charge in [0.2, 0.25) is 41.4 Å². The van der Waals surface area contributed by atoms with Crippen molar-refractivity contribution in [3.05, 3.63) is 35.9 Å². The molecule has 14 atom stereocenters. The number of hydrogen-bond acceptors (Lipinski definition) is 31. The Morgan fingerprint density at radius 1 is 0.360 bits per heavy atom. The molecule has 0 saturated carbocycles. The summed E-state index contributed by atoms with van der Waals surface area (Å²) in [5.74, 6) is -16.7. The molecule has 2 heterocycles. The number of carbonyl (C=O) groups excluding carboxylic acids is 17. The van der Waals surface area contributed by atoms with Crippen molar-refractivity contribution in [3.8, 4) is 0 Å². The maximum atomic E-state index is 15.2. The fourth-order valence-corrected chi connectivity index (χ4v) is 10.5. The molecule has 0 radical (unpaired) electrons. The lowest BCUT2D eigenvalue weighted by molar-refractivity contribution is -0.316. The first-order valence-electron chi connectivity index (χ1n) is 35.1. The van der Waals surface area contributed by atoms with Gasteiger partial charge in [-0.25, -0.2) is 9.59 Å². The van der Waals surface area contributed by atoms with Gasteiger partial charge in [0.1, 0.15) is 82.9 Å². The molecule has 0 unspecified atom stereocenters. The minimum absolute atomic E-state index is 0.179. The lowest BCUT2D eigenvalue weighted by Crippen LogP contribution is -2.69. The van der Waals surface area contributed by atoms with Crippen molar-refractivity contribution >= 4 is 101 Å². The summed E-state index contributed by atoms with van der Waals surface area (Å²) in [6.07, 6.45) is -22.5. The normalized spacial score (nSPS) is 21.2. The van der Waals surface area contributed by atoms with Crippen molar-refractivity contribution in [2.45, 2.75) is 304 Å². The number of amides is 8. The molecular formula is C72H108N8O31. The highest BCUT2D eigenvalue weighted by molar-refractivity contribution is 6.01. The SMILES string of the molecule is CC(=O)OC[C@H]1O[C@@H](O[C@H](C)[C@H](NC(=O)C(C)(C)NC(=O)C(C)(C)NC(=O)OCc2ccccc2)C(=O)NC(C)(C)C(=O)NC(C)(C)C(=O)N[C@H](C(=O)NC(C)(C)C(=O)NC(C)(C)C(=O)OC(C)(C)C)[C@@H](C)O[C@@H]2O[C@H](COC(C)=O)[C@H](OC(C)=O)[C@H](OC(C)=O)[C@H]2OC(C)=O)[C@H](OC(C)=O)[C@@H](OC(C)=O)[C@H]1OC(C)=O. The number of benzene rings is 1. The van der Waals surface area contributed by atoms with E-state index in [1.165, 1.54) is 69.2 Å². The summed E-state index contributed by atoms with van der Waals surface area (Å²) < 4.78 is 79.2. The van der Waals surface area contributed by atoms with Crippen LogP contribution in [0.5, 0.6) is 0 Å². The zero-order valence-corrected chi connectivity index (χ0v) is 67.2. The first kappa shape index (κ1) is 95.1. The fraction of sp³-hybridized carbons (Fsp3) is 0.681. The van der Waals surface area contributed by atoms with E-state index in [1.807, 2.05) is 0 Å². The second-order valence-corrected chi connectivity index (χ2v) is 30.5. The number of carbonyl (C=O) groups is 17. The summed E-state index contributed by atoms with van der Waals surface area (Å²) in [6, 6.07) is 4.41. The van der Waals surface area contributed by atoms with Crippen molar-refractivity contribution in [3.63, 3.8) is 0 Å². The molecule has 39 nitrogen and oxygen atoms in total. The van der Waals surface area contributed by atoms with Crippen molar-refractivity contribution < 1.29 is 148 Å². The lowest BCUT2D eigenvalue weighted by Gasteiger charge is -2.45. The molecule has 0 spiro atoms. The molecule has 1 aromatic carbocycles. The molecule has 2 fully saturated rings. The minimum atomic E-state index is -2.23. The smallest absolute Gasteiger partial charge is 0.408 e. The van der Waals surface area contributed by atoms with Crippen LogP contribution in [0.3, 0.4) is 0 Å². The Balaban J connectivity index is 2.23. The maximum Gasteiger partial charge on any atom is 0.408 e. The Kier molecular flexibility index (Phi) is 33.5. The Labute approximate surface area is 642 Å². The van der Waals surface area contributed by atoms with Crippen molar-refractivity contribution in [2.24, 2.45) is 0 Å². The Bertz CT molecular complexity index is 3610. The molecule has 622 valence electrons. The molecule has 2 aliphatic rings. The van der Waals surface area contributed by atoms with E-state index in [2.05, 4.69) is 42.5 Å². The van der Waals surface area contributed by atoms with E-state index < -0.39 is 239 Å². The van der Waals surface area contributed by atoms with E-state index in [9.17, 15) is 67.1 Å². The average molecular weight is 1580 g/mol. The minimum Gasteiger partial charge on any atom is -0.463 e. The second kappa shape index (κ2) is 39.2. The first-order chi connectivity index (χ1) is 50.7. The second-order valence-electron chi connectivity index (χ2n) is 30.5. The molecule has 2 aliphatic heterocycles. The molecule has 8 N–H and O–H groups in total. The predicted molar refractivity (Wildman–Crippen MR) is 380 cm³/mol. The molecule has 39 heteroatoms. The zero-order chi connectivity index (χ0) is 85.2. The van der Waals surface area contributed by atoms with Crippen LogP contribution in [0.1, 0.15) is 179 Å². The van der Waals surface area contributed by atoms with Crippen LogP contribution < -0.4 is 42.5 Å². The average Bonchev–Trinajstić information content (AvgIpc) is 0.783. The van der Waals surface area contributed by atoms with Crippen LogP contribution in [0.25, 0.3) is 0 Å². The van der Waals surface area contributed by atoms with E-state index >= 15 is 14.4 Å². The maximum absolute atomic E-state index is 15.2. The third-order valence-electron chi connectivity index (χ3n) is 16.2. The number of alkyl carbamates (subject to hydrolysis) is 1. The van der Waals surface area contributed by atoms with E-state index in [1.54, 1.807) is 51.1 Å². The van der Waals surface area contributed by atoms with Crippen LogP contribution in [-0.2, 0) is 150 Å². The third-order valence-corrected chi connectivity index (χ3v) is 16.2. The van der Waals surface area contributed by atoms with Gasteiger partial charge in [-0.3, -0.25) is 71.9 Å². The third kappa shape index (κ3) is 29.6. The van der Waals surface area contributed by atoms with Crippen LogP contribution in [0.4, 0.5) is 4.79 Å². The van der Waals surface area contributed by atoms with Crippen LogP contribution >= 0.6 is 0 Å². The van der Waals surface area contributed by atoms with Gasteiger partial charge < -0.3 is 109 Å². The molecular weight excluding hydrogens is 1470 g/mol. The van der Waals surface area contributed by atoms with E-state index in [0.717, 1.165) is 83.1 Å². The first-order valence-corrected chi connectivity index (χ1v) is 35.1. The molecule has 111 heavy (non-hydrogen) atoms. The molecule has 3 rings (SSSR count). The standard InChI is InChI=1S/C72H108N8O31/c1-34(101-57-53(107-42(9)87)51(105-40(7)85)49(103-38(5)83)45(109-57)32-98-36(3)81)47(74-60(92)68(16,17)78-63(95)71(22,23)80-65(97)100-31-44-29-27-26-28-30-44)55(89)75-69(18,19)61(93)77-67(14,15)59(91)73-48(56(90)76-70(20,21)62(94)79-72(24,25)64(96)111-66(11,12)13)35(2)102-58-54(108-43(10)88)52(106-41(8)86)50(104-39(6)84)46(110-58)33-99-37(4)82/h26-30,34-35,45-54,57-58H,31-33H2,1-25H3,(H,73,91)(H,74,92)(H,75,89)(H,76,90)(H,77,93)(H,78,95)(H,79,94)(H,80,97)/t34-,35-,45-,46-,47+,48+,49+,50+,51+,52+,53-,54-,57-,58-/m1/s1. The van der Waals surface area contributed by atoms with Crippen molar-refractivity contribution in [2.75, 3.05) is 13.2 Å². The van der Waals surface area contributed by atoms with Crippen molar-refractivity contribution in [1.82, 2.24) is 42.5 Å². The summed E-state index contributed by atoms with van der Waals surface area (Å²) in [7, 11) is 0. The van der Waals surface area contributed by atoms with Gasteiger partial charge >= 0.3 is 59.8 Å². The van der Waals surface area contributed by atoms with Crippen LogP contribution in [0.2, 0.25) is 0 Å². The number of ether oxygens (including phenoxy) is 14. The number of hydrogen-bond donors (Lipinski definition) is 8. The van der Waals surface area contributed by atoms with Gasteiger partial charge in [-0.15, -0.1) is 0 Å². The summed E-state index contributed by atoms with van der Waals surface area (Å²) in [4.78, 5) is 230. The topological polar surface area (TPSA) is 516 Å². The van der Waals surface area contributed by atoms with Gasteiger partial charge in [0.15, 0.2) is 49.2 Å². The quantitative estimate of drug-likeness (QED) is 0.0343. The highest BCUT2D eigenvalue weighted by Crippen LogP contribution is 2.34. The Morgan fingerprint density at radius 2 is 0.658 bits per heavy atom. The van der Waals surface area contributed by atoms with Crippen molar-refractivity contribution in [1.29, 1.82) is 0 Å². The zero-order valence-electron chi connectivity index (χ0n) is 67.2. The number of esters is 9. The number of nitrogens with one attached hydrogen (secondary N) is 8. The van der Waals surface area contributed by atoms with Gasteiger partial charge in [-0.2, -0.15) is 0 Å². The van der Waals surface area contributed by atoms with Crippen LogP contribution in [0.15, 0.2) is 30.3 Å². The molecule has 0 bridgehead atoms. The largest absolute Gasteiger partial charge is 0.463 e. The Hall–Kier alpha value is -10.1. The summed E-state index contributed by atoms with van der Waals surface area (Å²) in [6.45, 7) is 28.0. The highest BCUT2D eigenvalue weighted by atomic mass is 16.8. The molecule has 2 saturated heterocycles. The Morgan fingerprint density at radius 3 is 0.973 bits per heavy atom. The summed E-state index contributed by atoms with van der Waals surface area (Å²) >= 11 is 0.